The lowest BCUT2D eigenvalue weighted by molar-refractivity contribution is -0.123. The number of carbonyl (C=O) groups is 2. The molecule has 0 aliphatic rings. The van der Waals surface area contributed by atoms with E-state index < -0.39 is 0 Å². The molecule has 0 unspecified atom stereocenters. The van der Waals surface area contributed by atoms with E-state index >= 15 is 0 Å². The third-order valence-corrected chi connectivity index (χ3v) is 3.12. The SMILES string of the molecule is CC(C)C(=O)NCCNC(=O)c1cccc2ncccc12. The van der Waals surface area contributed by atoms with E-state index in [2.05, 4.69) is 15.6 Å². The zero-order valence-electron chi connectivity index (χ0n) is 12.2. The van der Waals surface area contributed by atoms with Crippen LogP contribution >= 0.6 is 0 Å². The van der Waals surface area contributed by atoms with Crippen LogP contribution in [0.25, 0.3) is 10.9 Å². The molecule has 0 aliphatic carbocycles. The number of nitrogens with one attached hydrogen (secondary N) is 2. The Kier molecular flexibility index (Phi) is 4.87. The molecule has 2 rings (SSSR count). The summed E-state index contributed by atoms with van der Waals surface area (Å²) < 4.78 is 0. The van der Waals surface area contributed by atoms with Crippen molar-refractivity contribution in [1.29, 1.82) is 0 Å². The van der Waals surface area contributed by atoms with Crippen molar-refractivity contribution in [3.8, 4) is 0 Å². The first-order chi connectivity index (χ1) is 10.1. The summed E-state index contributed by atoms with van der Waals surface area (Å²) in [5.41, 5.74) is 1.38. The second-order valence-corrected chi connectivity index (χ2v) is 5.08. The molecule has 0 saturated carbocycles. The van der Waals surface area contributed by atoms with Crippen molar-refractivity contribution >= 4 is 22.7 Å². The molecule has 0 bridgehead atoms. The summed E-state index contributed by atoms with van der Waals surface area (Å²) in [5, 5.41) is 6.39. The molecule has 0 aliphatic heterocycles. The van der Waals surface area contributed by atoms with E-state index in [1.165, 1.54) is 0 Å². The Bertz CT molecular complexity index is 648. The quantitative estimate of drug-likeness (QED) is 0.822. The molecule has 0 spiro atoms. The number of amides is 2. The van der Waals surface area contributed by atoms with Crippen LogP contribution in [0, 0.1) is 5.92 Å². The lowest BCUT2D eigenvalue weighted by Gasteiger charge is -2.10. The summed E-state index contributed by atoms with van der Waals surface area (Å²) in [7, 11) is 0. The van der Waals surface area contributed by atoms with Gasteiger partial charge in [-0.15, -0.1) is 0 Å². The topological polar surface area (TPSA) is 71.1 Å². The fourth-order valence-corrected chi connectivity index (χ4v) is 1.96. The Labute approximate surface area is 123 Å². The largest absolute Gasteiger partial charge is 0.354 e. The lowest BCUT2D eigenvalue weighted by Crippen LogP contribution is -2.36. The molecule has 2 N–H and O–H groups in total. The molecule has 0 fully saturated rings. The van der Waals surface area contributed by atoms with E-state index in [9.17, 15) is 9.59 Å². The minimum absolute atomic E-state index is 0.0152. The first kappa shape index (κ1) is 15.0. The fourth-order valence-electron chi connectivity index (χ4n) is 1.96. The minimum atomic E-state index is -0.160. The maximum absolute atomic E-state index is 12.2. The highest BCUT2D eigenvalue weighted by Gasteiger charge is 2.10. The van der Waals surface area contributed by atoms with Gasteiger partial charge in [0, 0.05) is 36.2 Å². The van der Waals surface area contributed by atoms with E-state index in [4.69, 9.17) is 0 Å². The van der Waals surface area contributed by atoms with Crippen LogP contribution in [0.4, 0.5) is 0 Å². The predicted molar refractivity (Wildman–Crippen MR) is 81.9 cm³/mol. The van der Waals surface area contributed by atoms with Crippen LogP contribution in [0.3, 0.4) is 0 Å². The number of fused-ring (bicyclic) bond motifs is 1. The van der Waals surface area contributed by atoms with E-state index in [1.807, 2.05) is 38.1 Å². The molecule has 0 radical (unpaired) electrons. The average molecular weight is 285 g/mol. The van der Waals surface area contributed by atoms with E-state index in [0.29, 0.717) is 18.7 Å². The molecule has 1 heterocycles. The van der Waals surface area contributed by atoms with Gasteiger partial charge in [-0.2, -0.15) is 0 Å². The number of carbonyl (C=O) groups excluding carboxylic acids is 2. The van der Waals surface area contributed by atoms with Crippen LogP contribution < -0.4 is 10.6 Å². The van der Waals surface area contributed by atoms with Crippen molar-refractivity contribution in [3.05, 3.63) is 42.1 Å². The summed E-state index contributed by atoms with van der Waals surface area (Å²) in [6, 6.07) is 9.13. The number of pyridine rings is 1. The number of aromatic nitrogens is 1. The van der Waals surface area contributed by atoms with Crippen LogP contribution in [-0.2, 0) is 4.79 Å². The number of nitrogens with zero attached hydrogens (tertiary/aromatic N) is 1. The van der Waals surface area contributed by atoms with Gasteiger partial charge in [0.25, 0.3) is 5.91 Å². The van der Waals surface area contributed by atoms with Crippen LogP contribution in [0.1, 0.15) is 24.2 Å². The van der Waals surface area contributed by atoms with Gasteiger partial charge in [-0.05, 0) is 18.2 Å². The molecule has 1 aromatic heterocycles. The molecule has 110 valence electrons. The molecule has 2 amide bonds. The molecule has 21 heavy (non-hydrogen) atoms. The number of hydrogen-bond acceptors (Lipinski definition) is 3. The average Bonchev–Trinajstić information content (AvgIpc) is 2.50. The van der Waals surface area contributed by atoms with Crippen molar-refractivity contribution < 1.29 is 9.59 Å². The van der Waals surface area contributed by atoms with Gasteiger partial charge in [0.1, 0.15) is 0 Å². The Morgan fingerprint density at radius 1 is 1.10 bits per heavy atom. The third-order valence-electron chi connectivity index (χ3n) is 3.12. The molecule has 0 atom stereocenters. The summed E-state index contributed by atoms with van der Waals surface area (Å²) in [4.78, 5) is 27.8. The Morgan fingerprint density at radius 3 is 2.62 bits per heavy atom. The molecular weight excluding hydrogens is 266 g/mol. The molecular formula is C16H19N3O2. The van der Waals surface area contributed by atoms with Gasteiger partial charge in [0.15, 0.2) is 0 Å². The normalized spacial score (nSPS) is 10.6. The summed E-state index contributed by atoms with van der Waals surface area (Å²) in [6.45, 7) is 4.48. The van der Waals surface area contributed by atoms with E-state index in [1.54, 1.807) is 12.3 Å². The second kappa shape index (κ2) is 6.83. The standard InChI is InChI=1S/C16H19N3O2/c1-11(2)15(20)18-9-10-19-16(21)13-5-3-7-14-12(13)6-4-8-17-14/h3-8,11H,9-10H2,1-2H3,(H,18,20)(H,19,21). The zero-order valence-corrected chi connectivity index (χ0v) is 12.2. The van der Waals surface area contributed by atoms with Crippen molar-refractivity contribution in [2.45, 2.75) is 13.8 Å². The molecule has 0 saturated heterocycles. The Balaban J connectivity index is 1.95. The first-order valence-electron chi connectivity index (χ1n) is 6.99. The van der Waals surface area contributed by atoms with Crippen LogP contribution in [0.2, 0.25) is 0 Å². The molecule has 2 aromatic rings. The van der Waals surface area contributed by atoms with Gasteiger partial charge in [-0.25, -0.2) is 0 Å². The van der Waals surface area contributed by atoms with Crippen LogP contribution in [-0.4, -0.2) is 29.9 Å². The zero-order chi connectivity index (χ0) is 15.2. The van der Waals surface area contributed by atoms with Crippen molar-refractivity contribution in [2.24, 2.45) is 5.92 Å². The fraction of sp³-hybridized carbons (Fsp3) is 0.312. The highest BCUT2D eigenvalue weighted by molar-refractivity contribution is 6.06. The van der Waals surface area contributed by atoms with E-state index in [0.717, 1.165) is 10.9 Å². The van der Waals surface area contributed by atoms with Gasteiger partial charge in [0.2, 0.25) is 5.91 Å². The predicted octanol–water partition coefficient (Wildman–Crippen LogP) is 1.74. The maximum Gasteiger partial charge on any atom is 0.252 e. The van der Waals surface area contributed by atoms with Gasteiger partial charge in [-0.3, -0.25) is 14.6 Å². The summed E-state index contributed by atoms with van der Waals surface area (Å²) in [6.07, 6.45) is 1.70. The van der Waals surface area contributed by atoms with Crippen molar-refractivity contribution in [3.63, 3.8) is 0 Å². The number of rotatable bonds is 5. The van der Waals surface area contributed by atoms with Gasteiger partial charge < -0.3 is 10.6 Å². The van der Waals surface area contributed by atoms with Crippen molar-refractivity contribution in [2.75, 3.05) is 13.1 Å². The van der Waals surface area contributed by atoms with E-state index in [-0.39, 0.29) is 17.7 Å². The van der Waals surface area contributed by atoms with Gasteiger partial charge >= 0.3 is 0 Å². The van der Waals surface area contributed by atoms with Gasteiger partial charge in [-0.1, -0.05) is 26.0 Å². The number of hydrogen-bond donors (Lipinski definition) is 2. The molecule has 1 aromatic carbocycles. The Morgan fingerprint density at radius 2 is 1.86 bits per heavy atom. The van der Waals surface area contributed by atoms with Crippen LogP contribution in [0.5, 0.6) is 0 Å². The highest BCUT2D eigenvalue weighted by atomic mass is 16.2. The minimum Gasteiger partial charge on any atom is -0.354 e. The number of benzene rings is 1. The first-order valence-corrected chi connectivity index (χ1v) is 6.99. The monoisotopic (exact) mass is 285 g/mol. The summed E-state index contributed by atoms with van der Waals surface area (Å²) in [5.74, 6) is -0.226. The molecule has 5 heteroatoms. The van der Waals surface area contributed by atoms with Crippen molar-refractivity contribution in [1.82, 2.24) is 15.6 Å². The third kappa shape index (κ3) is 3.78. The smallest absolute Gasteiger partial charge is 0.252 e. The Hall–Kier alpha value is -2.43. The highest BCUT2D eigenvalue weighted by Crippen LogP contribution is 2.15. The van der Waals surface area contributed by atoms with Gasteiger partial charge in [0.05, 0.1) is 5.52 Å². The lowest BCUT2D eigenvalue weighted by atomic mass is 10.1. The molecule has 5 nitrogen and oxygen atoms in total. The van der Waals surface area contributed by atoms with Crippen LogP contribution in [0.15, 0.2) is 36.5 Å². The summed E-state index contributed by atoms with van der Waals surface area (Å²) >= 11 is 0. The maximum atomic E-state index is 12.2. The second-order valence-electron chi connectivity index (χ2n) is 5.08.